The van der Waals surface area contributed by atoms with Gasteiger partial charge in [-0.05, 0) is 11.6 Å². The zero-order chi connectivity index (χ0) is 12.3. The summed E-state index contributed by atoms with van der Waals surface area (Å²) in [5.41, 5.74) is -0.663. The second-order valence-corrected chi connectivity index (χ2v) is 3.17. The molecule has 4 nitrogen and oxygen atoms in total. The van der Waals surface area contributed by atoms with Crippen molar-refractivity contribution in [1.29, 1.82) is 0 Å². The first kappa shape index (κ1) is 11.9. The summed E-state index contributed by atoms with van der Waals surface area (Å²) in [5.74, 6) is -3.54. The van der Waals surface area contributed by atoms with Crippen molar-refractivity contribution < 1.29 is 24.2 Å². The molecule has 2 N–H and O–H groups in total. The summed E-state index contributed by atoms with van der Waals surface area (Å²) >= 11 is 0. The minimum absolute atomic E-state index is 0.00676. The maximum Gasteiger partial charge on any atom is 0.338 e. The van der Waals surface area contributed by atoms with Gasteiger partial charge in [-0.1, -0.05) is 18.7 Å². The molecule has 1 aromatic rings. The van der Waals surface area contributed by atoms with Gasteiger partial charge in [0.25, 0.3) is 0 Å². The Labute approximate surface area is 90.6 Å². The first-order valence-corrected chi connectivity index (χ1v) is 4.35. The Morgan fingerprint density at radius 2 is 1.94 bits per heavy atom. The Kier molecular flexibility index (Phi) is 3.40. The van der Waals surface area contributed by atoms with Crippen molar-refractivity contribution in [2.75, 3.05) is 0 Å². The second-order valence-electron chi connectivity index (χ2n) is 3.17. The van der Waals surface area contributed by atoms with Gasteiger partial charge in [0, 0.05) is 12.0 Å². The maximum atomic E-state index is 13.5. The predicted molar refractivity (Wildman–Crippen MR) is 53.8 cm³/mol. The highest BCUT2D eigenvalue weighted by Gasteiger charge is 2.15. The topological polar surface area (TPSA) is 74.6 Å². The third kappa shape index (κ3) is 2.44. The molecule has 0 saturated carbocycles. The molecule has 0 atom stereocenters. The number of carboxylic acids is 2. The van der Waals surface area contributed by atoms with Crippen LogP contribution in [0.1, 0.15) is 15.9 Å². The first-order chi connectivity index (χ1) is 7.43. The maximum absolute atomic E-state index is 13.5. The third-order valence-electron chi connectivity index (χ3n) is 2.02. The van der Waals surface area contributed by atoms with E-state index < -0.39 is 23.3 Å². The quantitative estimate of drug-likeness (QED) is 0.763. The molecule has 0 heterocycles. The van der Waals surface area contributed by atoms with Gasteiger partial charge in [0.1, 0.15) is 5.82 Å². The SMILES string of the molecule is C=C(Cc1cccc(C(=O)O)c1F)C(=O)O. The Bertz CT molecular complexity index is 465. The Hall–Kier alpha value is -2.17. The third-order valence-corrected chi connectivity index (χ3v) is 2.02. The normalized spacial score (nSPS) is 9.81. The van der Waals surface area contributed by atoms with Crippen molar-refractivity contribution >= 4 is 11.9 Å². The van der Waals surface area contributed by atoms with Crippen LogP contribution in [0.5, 0.6) is 0 Å². The number of carboxylic acid groups (broad SMARTS) is 2. The molecule has 0 aliphatic heterocycles. The first-order valence-electron chi connectivity index (χ1n) is 4.35. The highest BCUT2D eigenvalue weighted by atomic mass is 19.1. The molecule has 0 bridgehead atoms. The van der Waals surface area contributed by atoms with Gasteiger partial charge in [-0.2, -0.15) is 0 Å². The van der Waals surface area contributed by atoms with Crippen LogP contribution in [0.4, 0.5) is 4.39 Å². The number of rotatable bonds is 4. The molecule has 0 aliphatic carbocycles. The average Bonchev–Trinajstić information content (AvgIpc) is 2.20. The average molecular weight is 224 g/mol. The lowest BCUT2D eigenvalue weighted by atomic mass is 10.0. The summed E-state index contributed by atoms with van der Waals surface area (Å²) in [6, 6.07) is 3.80. The van der Waals surface area contributed by atoms with E-state index in [2.05, 4.69) is 6.58 Å². The van der Waals surface area contributed by atoms with Crippen LogP contribution in [0.3, 0.4) is 0 Å². The van der Waals surface area contributed by atoms with Crippen LogP contribution in [0.15, 0.2) is 30.4 Å². The molecule has 0 aliphatic rings. The van der Waals surface area contributed by atoms with E-state index in [1.165, 1.54) is 12.1 Å². The van der Waals surface area contributed by atoms with Crippen LogP contribution < -0.4 is 0 Å². The van der Waals surface area contributed by atoms with Crippen LogP contribution in [-0.4, -0.2) is 22.2 Å². The number of carbonyl (C=O) groups is 2. The van der Waals surface area contributed by atoms with Crippen LogP contribution in [-0.2, 0) is 11.2 Å². The number of hydrogen-bond acceptors (Lipinski definition) is 2. The summed E-state index contributed by atoms with van der Waals surface area (Å²) in [6.45, 7) is 3.25. The summed E-state index contributed by atoms with van der Waals surface area (Å²) in [6.07, 6.45) is -0.220. The molecule has 16 heavy (non-hydrogen) atoms. The lowest BCUT2D eigenvalue weighted by molar-refractivity contribution is -0.132. The highest BCUT2D eigenvalue weighted by Crippen LogP contribution is 2.16. The summed E-state index contributed by atoms with van der Waals surface area (Å²) < 4.78 is 13.5. The molecule has 0 amide bonds. The van der Waals surface area contributed by atoms with Gasteiger partial charge in [-0.25, -0.2) is 14.0 Å². The van der Waals surface area contributed by atoms with Crippen molar-refractivity contribution in [3.05, 3.63) is 47.3 Å². The summed E-state index contributed by atoms with van der Waals surface area (Å²) in [7, 11) is 0. The zero-order valence-electron chi connectivity index (χ0n) is 8.24. The standard InChI is InChI=1S/C11H9FO4/c1-6(10(13)14)5-7-3-2-4-8(9(7)12)11(15)16/h2-4H,1,5H2,(H,13,14)(H,15,16). The van der Waals surface area contributed by atoms with Gasteiger partial charge in [0.15, 0.2) is 0 Å². The lowest BCUT2D eigenvalue weighted by Crippen LogP contribution is -2.07. The van der Waals surface area contributed by atoms with E-state index in [9.17, 15) is 14.0 Å². The lowest BCUT2D eigenvalue weighted by Gasteiger charge is -2.05. The Balaban J connectivity index is 3.07. The van der Waals surface area contributed by atoms with Crippen molar-refractivity contribution in [1.82, 2.24) is 0 Å². The molecular formula is C11H9FO4. The van der Waals surface area contributed by atoms with Gasteiger partial charge in [0.2, 0.25) is 0 Å². The van der Waals surface area contributed by atoms with Crippen LogP contribution >= 0.6 is 0 Å². The fraction of sp³-hybridized carbons (Fsp3) is 0.0909. The van der Waals surface area contributed by atoms with Crippen molar-refractivity contribution in [2.24, 2.45) is 0 Å². The number of aromatic carboxylic acids is 1. The fourth-order valence-electron chi connectivity index (χ4n) is 1.19. The highest BCUT2D eigenvalue weighted by molar-refractivity contribution is 5.89. The van der Waals surface area contributed by atoms with E-state index in [0.29, 0.717) is 0 Å². The van der Waals surface area contributed by atoms with E-state index in [0.717, 1.165) is 6.07 Å². The molecule has 1 rings (SSSR count). The molecular weight excluding hydrogens is 215 g/mol. The summed E-state index contributed by atoms with van der Waals surface area (Å²) in [4.78, 5) is 21.1. The molecule has 0 spiro atoms. The Morgan fingerprint density at radius 1 is 1.31 bits per heavy atom. The number of aliphatic carboxylic acids is 1. The molecule has 0 radical (unpaired) electrons. The minimum atomic E-state index is -1.39. The monoisotopic (exact) mass is 224 g/mol. The molecule has 5 heteroatoms. The number of halogens is 1. The van der Waals surface area contributed by atoms with Gasteiger partial charge in [0.05, 0.1) is 5.56 Å². The van der Waals surface area contributed by atoms with Crippen molar-refractivity contribution in [2.45, 2.75) is 6.42 Å². The van der Waals surface area contributed by atoms with E-state index in [4.69, 9.17) is 10.2 Å². The molecule has 0 aromatic heterocycles. The molecule has 0 saturated heterocycles. The van der Waals surface area contributed by atoms with Crippen molar-refractivity contribution in [3.63, 3.8) is 0 Å². The fourth-order valence-corrected chi connectivity index (χ4v) is 1.19. The van der Waals surface area contributed by atoms with Gasteiger partial charge in [-0.15, -0.1) is 0 Å². The van der Waals surface area contributed by atoms with E-state index in [1.807, 2.05) is 0 Å². The Morgan fingerprint density at radius 3 is 2.44 bits per heavy atom. The van der Waals surface area contributed by atoms with E-state index in [-0.39, 0.29) is 17.6 Å². The molecule has 1 aromatic carbocycles. The molecule has 84 valence electrons. The van der Waals surface area contributed by atoms with Crippen LogP contribution in [0.25, 0.3) is 0 Å². The smallest absolute Gasteiger partial charge is 0.338 e. The predicted octanol–water partition coefficient (Wildman–Crippen LogP) is 1.71. The molecule has 0 fully saturated rings. The van der Waals surface area contributed by atoms with E-state index >= 15 is 0 Å². The minimum Gasteiger partial charge on any atom is -0.478 e. The summed E-state index contributed by atoms with van der Waals surface area (Å²) in [5, 5.41) is 17.2. The van der Waals surface area contributed by atoms with Gasteiger partial charge in [-0.3, -0.25) is 0 Å². The zero-order valence-corrected chi connectivity index (χ0v) is 8.24. The van der Waals surface area contributed by atoms with Crippen molar-refractivity contribution in [3.8, 4) is 0 Å². The largest absolute Gasteiger partial charge is 0.478 e. The van der Waals surface area contributed by atoms with E-state index in [1.54, 1.807) is 0 Å². The van der Waals surface area contributed by atoms with Crippen LogP contribution in [0, 0.1) is 5.82 Å². The number of hydrogen-bond donors (Lipinski definition) is 2. The van der Waals surface area contributed by atoms with Gasteiger partial charge < -0.3 is 10.2 Å². The second kappa shape index (κ2) is 4.57. The van der Waals surface area contributed by atoms with Crippen LogP contribution in [0.2, 0.25) is 0 Å². The molecule has 0 unspecified atom stereocenters. The van der Waals surface area contributed by atoms with Gasteiger partial charge >= 0.3 is 11.9 Å². The number of benzene rings is 1.